The molecule has 0 aliphatic heterocycles. The molecule has 0 fully saturated rings. The number of ether oxygens (including phenoxy) is 1. The molecule has 0 unspecified atom stereocenters. The zero-order valence-electron chi connectivity index (χ0n) is 14.5. The standard InChI is InChI=1S/C18H22N2O3S2/c1-4-8-20-17(22)15-12-7-6-11(3)9-13(12)25-16(15)19-18(20)24-10-14(21)23-5-2/h4,11H,1,5-10H2,2-3H3/t11-/m0/s1. The van der Waals surface area contributed by atoms with E-state index >= 15 is 0 Å². The second-order valence-electron chi connectivity index (χ2n) is 6.22. The Hall–Kier alpha value is -1.60. The Balaban J connectivity index is 2.04. The van der Waals surface area contributed by atoms with E-state index in [0.29, 0.717) is 24.2 Å². The summed E-state index contributed by atoms with van der Waals surface area (Å²) in [6, 6.07) is 0. The average Bonchev–Trinajstić information content (AvgIpc) is 2.93. The molecule has 0 saturated carbocycles. The maximum absolute atomic E-state index is 13.1. The number of carbonyl (C=O) groups excluding carboxylic acids is 1. The summed E-state index contributed by atoms with van der Waals surface area (Å²) in [5.74, 6) is 0.491. The Morgan fingerprint density at radius 2 is 2.36 bits per heavy atom. The van der Waals surface area contributed by atoms with Gasteiger partial charge in [-0.2, -0.15) is 0 Å². The molecule has 2 aromatic heterocycles. The van der Waals surface area contributed by atoms with Crippen LogP contribution in [-0.2, 0) is 28.9 Å². The molecule has 2 heterocycles. The van der Waals surface area contributed by atoms with E-state index in [9.17, 15) is 9.59 Å². The molecule has 0 radical (unpaired) electrons. The summed E-state index contributed by atoms with van der Waals surface area (Å²) in [4.78, 5) is 31.5. The van der Waals surface area contributed by atoms with E-state index < -0.39 is 0 Å². The van der Waals surface area contributed by atoms with Gasteiger partial charge in [0.15, 0.2) is 5.16 Å². The van der Waals surface area contributed by atoms with Crippen molar-refractivity contribution in [2.75, 3.05) is 12.4 Å². The molecule has 0 spiro atoms. The lowest BCUT2D eigenvalue weighted by atomic mass is 9.89. The summed E-state index contributed by atoms with van der Waals surface area (Å²) in [5.41, 5.74) is 1.15. The monoisotopic (exact) mass is 378 g/mol. The second-order valence-corrected chi connectivity index (χ2v) is 8.25. The van der Waals surface area contributed by atoms with Gasteiger partial charge in [0, 0.05) is 11.4 Å². The molecule has 25 heavy (non-hydrogen) atoms. The first-order valence-corrected chi connectivity index (χ1v) is 10.3. The fraction of sp³-hybridized carbons (Fsp3) is 0.500. The number of fused-ring (bicyclic) bond motifs is 3. The van der Waals surface area contributed by atoms with Gasteiger partial charge in [0.25, 0.3) is 5.56 Å². The largest absolute Gasteiger partial charge is 0.465 e. The second kappa shape index (κ2) is 7.74. The highest BCUT2D eigenvalue weighted by molar-refractivity contribution is 7.99. The van der Waals surface area contributed by atoms with Gasteiger partial charge in [-0.3, -0.25) is 14.2 Å². The lowest BCUT2D eigenvalue weighted by Crippen LogP contribution is -2.24. The maximum Gasteiger partial charge on any atom is 0.316 e. The highest BCUT2D eigenvalue weighted by atomic mass is 32.2. The van der Waals surface area contributed by atoms with Gasteiger partial charge in [0.1, 0.15) is 4.83 Å². The summed E-state index contributed by atoms with van der Waals surface area (Å²) in [7, 11) is 0. The van der Waals surface area contributed by atoms with Crippen LogP contribution >= 0.6 is 23.1 Å². The number of aromatic nitrogens is 2. The van der Waals surface area contributed by atoms with E-state index in [1.165, 1.54) is 22.2 Å². The molecular formula is C18H22N2O3S2. The molecule has 7 heteroatoms. The van der Waals surface area contributed by atoms with Crippen LogP contribution < -0.4 is 5.56 Å². The van der Waals surface area contributed by atoms with Crippen molar-refractivity contribution in [2.45, 2.75) is 44.8 Å². The third-order valence-corrected chi connectivity index (χ3v) is 6.41. The van der Waals surface area contributed by atoms with Gasteiger partial charge in [-0.25, -0.2) is 4.98 Å². The molecule has 1 aliphatic rings. The topological polar surface area (TPSA) is 61.2 Å². The van der Waals surface area contributed by atoms with Crippen molar-refractivity contribution >= 4 is 39.3 Å². The van der Waals surface area contributed by atoms with Crippen LogP contribution in [0, 0.1) is 5.92 Å². The van der Waals surface area contributed by atoms with E-state index in [2.05, 4.69) is 13.5 Å². The summed E-state index contributed by atoms with van der Waals surface area (Å²) in [6.45, 7) is 8.50. The van der Waals surface area contributed by atoms with Crippen LogP contribution in [0.2, 0.25) is 0 Å². The van der Waals surface area contributed by atoms with Gasteiger partial charge in [-0.05, 0) is 37.7 Å². The number of hydrogen-bond acceptors (Lipinski definition) is 6. The zero-order valence-corrected chi connectivity index (χ0v) is 16.2. The van der Waals surface area contributed by atoms with Crippen LogP contribution in [0.15, 0.2) is 22.6 Å². The SMILES string of the molecule is C=CCn1c(SCC(=O)OCC)nc2sc3c(c2c1=O)CC[C@H](C)C3. The van der Waals surface area contributed by atoms with Crippen molar-refractivity contribution < 1.29 is 9.53 Å². The number of thiophene rings is 1. The third kappa shape index (κ3) is 3.67. The first kappa shape index (κ1) is 18.2. The Kier molecular flexibility index (Phi) is 5.64. The quantitative estimate of drug-likeness (QED) is 0.334. The first-order valence-electron chi connectivity index (χ1n) is 8.49. The predicted molar refractivity (Wildman–Crippen MR) is 103 cm³/mol. The summed E-state index contributed by atoms with van der Waals surface area (Å²) < 4.78 is 6.58. The van der Waals surface area contributed by atoms with Crippen molar-refractivity contribution in [3.63, 3.8) is 0 Å². The minimum absolute atomic E-state index is 0.0247. The van der Waals surface area contributed by atoms with Crippen LogP contribution in [0.3, 0.4) is 0 Å². The minimum Gasteiger partial charge on any atom is -0.465 e. The summed E-state index contributed by atoms with van der Waals surface area (Å²) in [5, 5.41) is 1.31. The lowest BCUT2D eigenvalue weighted by Gasteiger charge is -2.17. The van der Waals surface area contributed by atoms with E-state index in [1.807, 2.05) is 0 Å². The van der Waals surface area contributed by atoms with Gasteiger partial charge in [0.05, 0.1) is 17.7 Å². The molecule has 5 nitrogen and oxygen atoms in total. The van der Waals surface area contributed by atoms with E-state index in [4.69, 9.17) is 9.72 Å². The number of hydrogen-bond donors (Lipinski definition) is 0. The molecule has 0 saturated heterocycles. The molecule has 1 aliphatic carbocycles. The number of nitrogens with zero attached hydrogens (tertiary/aromatic N) is 2. The molecule has 0 bridgehead atoms. The number of esters is 1. The minimum atomic E-state index is -0.300. The van der Waals surface area contributed by atoms with Crippen molar-refractivity contribution in [1.29, 1.82) is 0 Å². The highest BCUT2D eigenvalue weighted by Crippen LogP contribution is 2.36. The molecule has 0 aromatic carbocycles. The summed E-state index contributed by atoms with van der Waals surface area (Å²) in [6.07, 6.45) is 4.75. The number of rotatable bonds is 6. The van der Waals surface area contributed by atoms with E-state index in [0.717, 1.165) is 29.5 Å². The smallest absolute Gasteiger partial charge is 0.316 e. The first-order chi connectivity index (χ1) is 12.0. The van der Waals surface area contributed by atoms with Crippen LogP contribution in [-0.4, -0.2) is 27.9 Å². The van der Waals surface area contributed by atoms with Gasteiger partial charge in [0.2, 0.25) is 0 Å². The van der Waals surface area contributed by atoms with Crippen molar-refractivity contribution in [2.24, 2.45) is 5.92 Å². The Labute approximate surface area is 155 Å². The molecule has 0 N–H and O–H groups in total. The molecule has 1 atom stereocenters. The molecule has 2 aromatic rings. The Bertz CT molecular complexity index is 869. The Morgan fingerprint density at radius 1 is 1.56 bits per heavy atom. The number of thioether (sulfide) groups is 1. The Morgan fingerprint density at radius 3 is 3.08 bits per heavy atom. The fourth-order valence-corrected chi connectivity index (χ4v) is 5.36. The van der Waals surface area contributed by atoms with Crippen molar-refractivity contribution in [3.05, 3.63) is 33.4 Å². The van der Waals surface area contributed by atoms with Crippen LogP contribution in [0.1, 0.15) is 30.7 Å². The summed E-state index contributed by atoms with van der Waals surface area (Å²) >= 11 is 2.87. The van der Waals surface area contributed by atoms with Gasteiger partial charge in [-0.1, -0.05) is 24.8 Å². The third-order valence-electron chi connectivity index (χ3n) is 4.32. The van der Waals surface area contributed by atoms with Gasteiger partial charge in [-0.15, -0.1) is 17.9 Å². The van der Waals surface area contributed by atoms with E-state index in [-0.39, 0.29) is 17.3 Å². The normalized spacial score (nSPS) is 16.6. The average molecular weight is 379 g/mol. The van der Waals surface area contributed by atoms with Crippen LogP contribution in [0.25, 0.3) is 10.2 Å². The van der Waals surface area contributed by atoms with Crippen LogP contribution in [0.5, 0.6) is 0 Å². The highest BCUT2D eigenvalue weighted by Gasteiger charge is 2.24. The number of aryl methyl sites for hydroxylation is 1. The van der Waals surface area contributed by atoms with Gasteiger partial charge >= 0.3 is 5.97 Å². The van der Waals surface area contributed by atoms with Crippen molar-refractivity contribution in [1.82, 2.24) is 9.55 Å². The number of allylic oxidation sites excluding steroid dienone is 1. The maximum atomic E-state index is 13.1. The predicted octanol–water partition coefficient (Wildman–Crippen LogP) is 3.42. The van der Waals surface area contributed by atoms with Gasteiger partial charge < -0.3 is 4.74 Å². The molecule has 3 rings (SSSR count). The number of carbonyl (C=O) groups is 1. The molecular weight excluding hydrogens is 356 g/mol. The fourth-order valence-electron chi connectivity index (χ4n) is 3.13. The van der Waals surface area contributed by atoms with E-state index in [1.54, 1.807) is 28.9 Å². The van der Waals surface area contributed by atoms with Crippen LogP contribution in [0.4, 0.5) is 0 Å². The zero-order chi connectivity index (χ0) is 18.0. The molecule has 134 valence electrons. The lowest BCUT2D eigenvalue weighted by molar-refractivity contribution is -0.139. The van der Waals surface area contributed by atoms with Crippen molar-refractivity contribution in [3.8, 4) is 0 Å². The molecule has 0 amide bonds.